The summed E-state index contributed by atoms with van der Waals surface area (Å²) in [5.74, 6) is 1.54. The van der Waals surface area contributed by atoms with Gasteiger partial charge >= 0.3 is 0 Å². The molecule has 3 aromatic rings. The highest BCUT2D eigenvalue weighted by Crippen LogP contribution is 2.27. The minimum absolute atomic E-state index is 0.0588. The van der Waals surface area contributed by atoms with E-state index in [1.165, 1.54) is 12.7 Å². The predicted octanol–water partition coefficient (Wildman–Crippen LogP) is 4.74. The first-order chi connectivity index (χ1) is 14.0. The van der Waals surface area contributed by atoms with Gasteiger partial charge in [0.2, 0.25) is 5.95 Å². The van der Waals surface area contributed by atoms with Gasteiger partial charge in [-0.15, -0.1) is 0 Å². The number of nitrogens with one attached hydrogen (secondary N) is 2. The van der Waals surface area contributed by atoms with Gasteiger partial charge < -0.3 is 20.1 Å². The maximum Gasteiger partial charge on any atom is 0.229 e. The van der Waals surface area contributed by atoms with Crippen molar-refractivity contribution in [2.75, 3.05) is 24.5 Å². The van der Waals surface area contributed by atoms with Crippen molar-refractivity contribution >= 4 is 23.1 Å². The molecule has 0 fully saturated rings. The van der Waals surface area contributed by atoms with E-state index in [0.29, 0.717) is 28.8 Å². The quantitative estimate of drug-likeness (QED) is 0.564. The molecule has 2 aromatic carbocycles. The van der Waals surface area contributed by atoms with E-state index in [4.69, 9.17) is 9.47 Å². The van der Waals surface area contributed by atoms with E-state index in [-0.39, 0.29) is 6.79 Å². The molecule has 2 N–H and O–H groups in total. The van der Waals surface area contributed by atoms with Crippen LogP contribution in [0.4, 0.5) is 23.1 Å². The molecule has 0 aliphatic rings. The number of nitriles is 1. The number of anilines is 4. The van der Waals surface area contributed by atoms with Gasteiger partial charge in [0.25, 0.3) is 0 Å². The first kappa shape index (κ1) is 20.1. The van der Waals surface area contributed by atoms with Gasteiger partial charge in [-0.3, -0.25) is 0 Å². The second-order valence-electron chi connectivity index (χ2n) is 6.66. The zero-order valence-electron chi connectivity index (χ0n) is 16.9. The zero-order valence-corrected chi connectivity index (χ0v) is 16.9. The third kappa shape index (κ3) is 5.00. The van der Waals surface area contributed by atoms with Crippen molar-refractivity contribution in [2.45, 2.75) is 20.8 Å². The van der Waals surface area contributed by atoms with Crippen molar-refractivity contribution in [3.8, 4) is 11.8 Å². The molecule has 0 spiro atoms. The molecule has 1 heterocycles. The Kier molecular flexibility index (Phi) is 6.27. The van der Waals surface area contributed by atoms with E-state index >= 15 is 0 Å². The number of rotatable bonds is 7. The Balaban J connectivity index is 1.81. The van der Waals surface area contributed by atoms with Crippen LogP contribution in [0.5, 0.6) is 5.75 Å². The summed E-state index contributed by atoms with van der Waals surface area (Å²) in [6.45, 7) is 6.28. The number of methoxy groups -OCH3 is 1. The fourth-order valence-electron chi connectivity index (χ4n) is 3.06. The van der Waals surface area contributed by atoms with E-state index in [1.54, 1.807) is 24.4 Å². The molecule has 148 valence electrons. The summed E-state index contributed by atoms with van der Waals surface area (Å²) >= 11 is 0. The molecule has 1 aromatic heterocycles. The van der Waals surface area contributed by atoms with E-state index in [1.807, 2.05) is 6.07 Å². The predicted molar refractivity (Wildman–Crippen MR) is 113 cm³/mol. The number of hydrogen-bond donors (Lipinski definition) is 2. The number of benzene rings is 2. The molecule has 0 radical (unpaired) electrons. The van der Waals surface area contributed by atoms with Crippen LogP contribution >= 0.6 is 0 Å². The Hall–Kier alpha value is -3.63. The van der Waals surface area contributed by atoms with Gasteiger partial charge in [-0.25, -0.2) is 4.98 Å². The molecule has 0 saturated carbocycles. The van der Waals surface area contributed by atoms with Gasteiger partial charge in [0.05, 0.1) is 5.56 Å². The van der Waals surface area contributed by atoms with Crippen LogP contribution in [0.15, 0.2) is 42.6 Å². The van der Waals surface area contributed by atoms with Crippen molar-refractivity contribution in [3.63, 3.8) is 0 Å². The fraction of sp³-hybridized carbons (Fsp3) is 0.227. The molecule has 0 atom stereocenters. The van der Waals surface area contributed by atoms with Crippen LogP contribution in [0.25, 0.3) is 0 Å². The minimum atomic E-state index is 0.0588. The van der Waals surface area contributed by atoms with E-state index < -0.39 is 0 Å². The monoisotopic (exact) mass is 389 g/mol. The lowest BCUT2D eigenvalue weighted by Gasteiger charge is -2.14. The first-order valence-corrected chi connectivity index (χ1v) is 9.11. The smallest absolute Gasteiger partial charge is 0.229 e. The number of aryl methyl sites for hydroxylation is 3. The number of ether oxygens (including phenoxy) is 2. The number of aromatic nitrogens is 2. The Morgan fingerprint density at radius 2 is 1.79 bits per heavy atom. The van der Waals surface area contributed by atoms with Gasteiger partial charge in [0.15, 0.2) is 6.79 Å². The molecule has 7 heteroatoms. The molecule has 0 saturated heterocycles. The summed E-state index contributed by atoms with van der Waals surface area (Å²) in [6, 6.07) is 13.3. The standard InChI is InChI=1S/C22H23N5O2/c1-14-9-15(2)21(16(3)10-14)26-20-7-8-24-22(27-20)25-18-6-5-17(12-23)19(11-18)29-13-28-4/h5-11H,13H2,1-4H3,(H2,24,25,26,27). The highest BCUT2D eigenvalue weighted by atomic mass is 16.7. The third-order valence-corrected chi connectivity index (χ3v) is 4.28. The second kappa shape index (κ2) is 9.04. The van der Waals surface area contributed by atoms with Crippen molar-refractivity contribution in [2.24, 2.45) is 0 Å². The van der Waals surface area contributed by atoms with Crippen LogP contribution in [0.3, 0.4) is 0 Å². The van der Waals surface area contributed by atoms with Crippen molar-refractivity contribution in [3.05, 3.63) is 64.8 Å². The molecule has 0 unspecified atom stereocenters. The Morgan fingerprint density at radius 3 is 2.48 bits per heavy atom. The van der Waals surface area contributed by atoms with Gasteiger partial charge in [0, 0.05) is 30.7 Å². The maximum atomic E-state index is 9.21. The highest BCUT2D eigenvalue weighted by Gasteiger charge is 2.09. The normalized spacial score (nSPS) is 10.3. The molecule has 0 amide bonds. The average Bonchev–Trinajstić information content (AvgIpc) is 2.69. The van der Waals surface area contributed by atoms with E-state index in [0.717, 1.165) is 16.8 Å². The molecule has 7 nitrogen and oxygen atoms in total. The largest absolute Gasteiger partial charge is 0.466 e. The lowest BCUT2D eigenvalue weighted by molar-refractivity contribution is 0.0509. The lowest BCUT2D eigenvalue weighted by atomic mass is 10.1. The van der Waals surface area contributed by atoms with Crippen molar-refractivity contribution in [1.29, 1.82) is 5.26 Å². The molecule has 0 aliphatic carbocycles. The summed E-state index contributed by atoms with van der Waals surface area (Å²) < 4.78 is 10.4. The second-order valence-corrected chi connectivity index (χ2v) is 6.66. The van der Waals surface area contributed by atoms with Gasteiger partial charge in [-0.05, 0) is 50.1 Å². The van der Waals surface area contributed by atoms with Gasteiger partial charge in [0.1, 0.15) is 17.6 Å². The lowest BCUT2D eigenvalue weighted by Crippen LogP contribution is -2.04. The topological polar surface area (TPSA) is 92.1 Å². The molecule has 0 bridgehead atoms. The van der Waals surface area contributed by atoms with Crippen LogP contribution < -0.4 is 15.4 Å². The van der Waals surface area contributed by atoms with Crippen molar-refractivity contribution < 1.29 is 9.47 Å². The van der Waals surface area contributed by atoms with E-state index in [9.17, 15) is 5.26 Å². The Morgan fingerprint density at radius 1 is 1.03 bits per heavy atom. The minimum Gasteiger partial charge on any atom is -0.466 e. The highest BCUT2D eigenvalue weighted by molar-refractivity contribution is 5.66. The Bertz CT molecular complexity index is 1040. The molecular formula is C22H23N5O2. The van der Waals surface area contributed by atoms with Gasteiger partial charge in [-0.1, -0.05) is 17.7 Å². The number of hydrogen-bond acceptors (Lipinski definition) is 7. The van der Waals surface area contributed by atoms with Crippen LogP contribution in [-0.2, 0) is 4.74 Å². The van der Waals surface area contributed by atoms with E-state index in [2.05, 4.69) is 59.6 Å². The Labute approximate surface area is 170 Å². The summed E-state index contributed by atoms with van der Waals surface area (Å²) in [6.07, 6.45) is 1.68. The zero-order chi connectivity index (χ0) is 20.8. The van der Waals surface area contributed by atoms with Crippen LogP contribution in [-0.4, -0.2) is 23.9 Å². The fourth-order valence-corrected chi connectivity index (χ4v) is 3.06. The first-order valence-electron chi connectivity index (χ1n) is 9.11. The van der Waals surface area contributed by atoms with Crippen LogP contribution in [0.1, 0.15) is 22.3 Å². The summed E-state index contributed by atoms with van der Waals surface area (Å²) in [7, 11) is 1.53. The maximum absolute atomic E-state index is 9.21. The van der Waals surface area contributed by atoms with Crippen LogP contribution in [0.2, 0.25) is 0 Å². The molecule has 3 rings (SSSR count). The number of nitrogens with zero attached hydrogens (tertiary/aromatic N) is 3. The average molecular weight is 389 g/mol. The summed E-state index contributed by atoms with van der Waals surface area (Å²) in [5.41, 5.74) is 5.70. The van der Waals surface area contributed by atoms with Crippen molar-refractivity contribution in [1.82, 2.24) is 9.97 Å². The molecular weight excluding hydrogens is 366 g/mol. The van der Waals surface area contributed by atoms with Gasteiger partial charge in [-0.2, -0.15) is 10.2 Å². The summed E-state index contributed by atoms with van der Waals surface area (Å²) in [5, 5.41) is 15.7. The third-order valence-electron chi connectivity index (χ3n) is 4.28. The van der Waals surface area contributed by atoms with Crippen LogP contribution in [0, 0.1) is 32.1 Å². The SMILES string of the molecule is COCOc1cc(Nc2nccc(Nc3c(C)cc(C)cc3C)n2)ccc1C#N. The summed E-state index contributed by atoms with van der Waals surface area (Å²) in [4.78, 5) is 8.82. The molecule has 0 aliphatic heterocycles. The molecule has 29 heavy (non-hydrogen) atoms.